The molecule has 15 heavy (non-hydrogen) atoms. The number of hydrogen-bond acceptors (Lipinski definition) is 4. The molecule has 8 heteroatoms. The highest BCUT2D eigenvalue weighted by Crippen LogP contribution is 2.34. The Labute approximate surface area is 91.6 Å². The monoisotopic (exact) mass is 281 g/mol. The van der Waals surface area contributed by atoms with Crippen LogP contribution in [0.15, 0.2) is 10.8 Å². The Morgan fingerprint density at radius 3 is 2.67 bits per heavy atom. The predicted octanol–water partition coefficient (Wildman–Crippen LogP) is 2.15. The fourth-order valence-corrected chi connectivity index (χ4v) is 1.59. The maximum atomic E-state index is 12.6. The fraction of sp³-hybridized carbons (Fsp3) is 0.286. The van der Waals surface area contributed by atoms with Gasteiger partial charge in [-0.2, -0.15) is 0 Å². The molecule has 0 saturated heterocycles. The second kappa shape index (κ2) is 4.58. The van der Waals surface area contributed by atoms with Gasteiger partial charge in [-0.1, -0.05) is 0 Å². The van der Waals surface area contributed by atoms with Gasteiger partial charge >= 0.3 is 0 Å². The van der Waals surface area contributed by atoms with Crippen LogP contribution in [0.4, 0.5) is 14.5 Å². The minimum Gasteiger partial charge on any atom is -0.326 e. The molecule has 0 amide bonds. The van der Waals surface area contributed by atoms with Crippen LogP contribution in [0.25, 0.3) is 0 Å². The largest absolute Gasteiger partial charge is 0.326 e. The smallest absolute Gasteiger partial charge is 0.296 e. The SMILES string of the molecule is NCc1c(Br)ncc([N+](=O)[O-])c1C(F)F. The summed E-state index contributed by atoms with van der Waals surface area (Å²) in [5, 5.41) is 10.5. The summed E-state index contributed by atoms with van der Waals surface area (Å²) in [5.41, 5.74) is 3.80. The van der Waals surface area contributed by atoms with Crippen molar-refractivity contribution in [2.75, 3.05) is 0 Å². The van der Waals surface area contributed by atoms with E-state index in [9.17, 15) is 18.9 Å². The first-order chi connectivity index (χ1) is 6.99. The maximum Gasteiger partial charge on any atom is 0.296 e. The lowest BCUT2D eigenvalue weighted by Crippen LogP contribution is -2.08. The molecule has 5 nitrogen and oxygen atoms in total. The highest BCUT2D eigenvalue weighted by molar-refractivity contribution is 9.10. The molecule has 0 aliphatic rings. The summed E-state index contributed by atoms with van der Waals surface area (Å²) < 4.78 is 25.3. The number of alkyl halides is 2. The molecule has 0 unspecified atom stereocenters. The van der Waals surface area contributed by atoms with Crippen molar-refractivity contribution in [2.24, 2.45) is 5.73 Å². The minimum absolute atomic E-state index is 0.0424. The van der Waals surface area contributed by atoms with Gasteiger partial charge < -0.3 is 5.73 Å². The van der Waals surface area contributed by atoms with Crippen LogP contribution in [0.1, 0.15) is 17.6 Å². The molecule has 1 aromatic rings. The molecule has 82 valence electrons. The molecule has 0 atom stereocenters. The first-order valence-corrected chi connectivity index (χ1v) is 4.58. The third-order valence-electron chi connectivity index (χ3n) is 1.77. The lowest BCUT2D eigenvalue weighted by Gasteiger charge is -2.08. The lowest BCUT2D eigenvalue weighted by atomic mass is 10.1. The van der Waals surface area contributed by atoms with Gasteiger partial charge in [0.15, 0.2) is 0 Å². The summed E-state index contributed by atoms with van der Waals surface area (Å²) in [4.78, 5) is 13.2. The van der Waals surface area contributed by atoms with Gasteiger partial charge in [0.05, 0.1) is 4.92 Å². The van der Waals surface area contributed by atoms with Gasteiger partial charge in [0.1, 0.15) is 16.4 Å². The van der Waals surface area contributed by atoms with Crippen LogP contribution in [-0.2, 0) is 6.54 Å². The molecule has 1 heterocycles. The van der Waals surface area contributed by atoms with Crippen LogP contribution in [0.3, 0.4) is 0 Å². The van der Waals surface area contributed by atoms with Crippen molar-refractivity contribution in [2.45, 2.75) is 13.0 Å². The summed E-state index contributed by atoms with van der Waals surface area (Å²) in [6.07, 6.45) is -2.17. The van der Waals surface area contributed by atoms with Gasteiger partial charge in [-0.25, -0.2) is 13.8 Å². The highest BCUT2D eigenvalue weighted by atomic mass is 79.9. The number of nitrogens with zero attached hydrogens (tertiary/aromatic N) is 2. The van der Waals surface area contributed by atoms with E-state index in [2.05, 4.69) is 20.9 Å². The molecule has 0 saturated carbocycles. The molecule has 0 aliphatic carbocycles. The Bertz CT molecular complexity index is 400. The summed E-state index contributed by atoms with van der Waals surface area (Å²) in [5.74, 6) is 0. The Morgan fingerprint density at radius 2 is 2.27 bits per heavy atom. The van der Waals surface area contributed by atoms with Gasteiger partial charge in [-0.15, -0.1) is 0 Å². The van der Waals surface area contributed by atoms with Crippen molar-refractivity contribution in [1.82, 2.24) is 4.98 Å². The van der Waals surface area contributed by atoms with Crippen molar-refractivity contribution in [1.29, 1.82) is 0 Å². The van der Waals surface area contributed by atoms with Crippen molar-refractivity contribution >= 4 is 21.6 Å². The second-order valence-electron chi connectivity index (χ2n) is 2.59. The number of hydrogen-bond donors (Lipinski definition) is 1. The summed E-state index contributed by atoms with van der Waals surface area (Å²) in [6, 6.07) is 0. The van der Waals surface area contributed by atoms with E-state index < -0.39 is 22.6 Å². The van der Waals surface area contributed by atoms with E-state index in [0.29, 0.717) is 0 Å². The van der Waals surface area contributed by atoms with Gasteiger partial charge in [0, 0.05) is 12.1 Å². The second-order valence-corrected chi connectivity index (χ2v) is 3.34. The zero-order chi connectivity index (χ0) is 11.6. The number of pyridine rings is 1. The van der Waals surface area contributed by atoms with Gasteiger partial charge in [0.25, 0.3) is 12.1 Å². The van der Waals surface area contributed by atoms with E-state index >= 15 is 0 Å². The molecular formula is C7H6BrF2N3O2. The zero-order valence-electron chi connectivity index (χ0n) is 7.28. The molecule has 0 radical (unpaired) electrons. The Balaban J connectivity index is 3.49. The normalized spacial score (nSPS) is 10.7. The van der Waals surface area contributed by atoms with Crippen molar-refractivity contribution in [3.05, 3.63) is 32.0 Å². The standard InChI is InChI=1S/C7H6BrF2N3O2/c8-6-3(1-11)5(7(9)10)4(2-12-6)13(14)15/h2,7H,1,11H2. The van der Waals surface area contributed by atoms with Crippen LogP contribution in [0.5, 0.6) is 0 Å². The van der Waals surface area contributed by atoms with E-state index in [1.807, 2.05) is 0 Å². The first kappa shape index (κ1) is 11.9. The zero-order valence-corrected chi connectivity index (χ0v) is 8.87. The van der Waals surface area contributed by atoms with Crippen molar-refractivity contribution < 1.29 is 13.7 Å². The van der Waals surface area contributed by atoms with Crippen molar-refractivity contribution in [3.63, 3.8) is 0 Å². The molecule has 0 bridgehead atoms. The van der Waals surface area contributed by atoms with Crippen LogP contribution in [-0.4, -0.2) is 9.91 Å². The van der Waals surface area contributed by atoms with Crippen molar-refractivity contribution in [3.8, 4) is 0 Å². The van der Waals surface area contributed by atoms with Gasteiger partial charge in [-0.3, -0.25) is 10.1 Å². The lowest BCUT2D eigenvalue weighted by molar-refractivity contribution is -0.386. The van der Waals surface area contributed by atoms with E-state index in [0.717, 1.165) is 6.20 Å². The molecule has 0 aromatic carbocycles. The van der Waals surface area contributed by atoms with Gasteiger partial charge in [-0.05, 0) is 15.9 Å². The molecule has 0 spiro atoms. The quantitative estimate of drug-likeness (QED) is 0.523. The third kappa shape index (κ3) is 2.26. The fourth-order valence-electron chi connectivity index (χ4n) is 1.11. The van der Waals surface area contributed by atoms with E-state index in [1.54, 1.807) is 0 Å². The molecule has 2 N–H and O–H groups in total. The van der Waals surface area contributed by atoms with Gasteiger partial charge in [0.2, 0.25) is 0 Å². The molecular weight excluding hydrogens is 276 g/mol. The number of rotatable bonds is 3. The third-order valence-corrected chi connectivity index (χ3v) is 2.45. The Hall–Kier alpha value is -1.15. The van der Waals surface area contributed by atoms with Crippen LogP contribution in [0.2, 0.25) is 0 Å². The average Bonchev–Trinajstić information content (AvgIpc) is 2.16. The average molecular weight is 282 g/mol. The molecule has 0 aliphatic heterocycles. The van der Waals surface area contributed by atoms with E-state index in [1.165, 1.54) is 0 Å². The van der Waals surface area contributed by atoms with E-state index in [-0.39, 0.29) is 16.7 Å². The Morgan fingerprint density at radius 1 is 1.67 bits per heavy atom. The summed E-state index contributed by atoms with van der Waals surface area (Å²) in [6.45, 7) is -0.241. The topological polar surface area (TPSA) is 82.0 Å². The number of nitro groups is 1. The number of halogens is 3. The van der Waals surface area contributed by atoms with E-state index in [4.69, 9.17) is 5.73 Å². The first-order valence-electron chi connectivity index (χ1n) is 3.79. The predicted molar refractivity (Wildman–Crippen MR) is 51.4 cm³/mol. The number of nitrogens with two attached hydrogens (primary N) is 1. The van der Waals surface area contributed by atoms with Crippen LogP contribution >= 0.6 is 15.9 Å². The summed E-state index contributed by atoms with van der Waals surface area (Å²) >= 11 is 2.91. The maximum absolute atomic E-state index is 12.6. The number of aromatic nitrogens is 1. The molecule has 0 fully saturated rings. The van der Waals surface area contributed by atoms with Crippen LogP contribution in [0, 0.1) is 10.1 Å². The Kier molecular flexibility index (Phi) is 3.64. The van der Waals surface area contributed by atoms with Crippen LogP contribution < -0.4 is 5.73 Å². The molecule has 1 rings (SSSR count). The molecule has 1 aromatic heterocycles. The summed E-state index contributed by atoms with van der Waals surface area (Å²) in [7, 11) is 0. The minimum atomic E-state index is -2.96. The highest BCUT2D eigenvalue weighted by Gasteiger charge is 2.27.